The predicted molar refractivity (Wildman–Crippen MR) is 50.2 cm³/mol. The molecular weight excluding hydrogens is 208 g/mol. The van der Waals surface area contributed by atoms with Gasteiger partial charge < -0.3 is 4.57 Å². The topological polar surface area (TPSA) is 73.8 Å². The predicted octanol–water partition coefficient (Wildman–Crippen LogP) is 1.53. The molecule has 0 bridgehead atoms. The summed E-state index contributed by atoms with van der Waals surface area (Å²) in [6.07, 6.45) is 2.59. The fourth-order valence-corrected chi connectivity index (χ4v) is 1.44. The zero-order chi connectivity index (χ0) is 10.3. The van der Waals surface area contributed by atoms with Crippen LogP contribution < -0.4 is 0 Å². The SMILES string of the molecule is Cn1cnc2c(Cl)ncc([N+](=O)[O-])c21. The van der Waals surface area contributed by atoms with Crippen molar-refractivity contribution >= 4 is 28.3 Å². The highest BCUT2D eigenvalue weighted by Crippen LogP contribution is 2.27. The Morgan fingerprint density at radius 2 is 2.29 bits per heavy atom. The quantitative estimate of drug-likeness (QED) is 0.408. The van der Waals surface area contributed by atoms with Gasteiger partial charge in [0.15, 0.2) is 10.7 Å². The van der Waals surface area contributed by atoms with Gasteiger partial charge in [-0.3, -0.25) is 10.1 Å². The molecule has 0 fully saturated rings. The monoisotopic (exact) mass is 212 g/mol. The molecule has 0 aliphatic rings. The largest absolute Gasteiger partial charge is 0.328 e. The Morgan fingerprint density at radius 3 is 2.93 bits per heavy atom. The van der Waals surface area contributed by atoms with Crippen molar-refractivity contribution in [2.24, 2.45) is 7.05 Å². The summed E-state index contributed by atoms with van der Waals surface area (Å²) in [5, 5.41) is 10.8. The standard InChI is InChI=1S/C7H5ClN4O2/c1-11-3-10-5-6(11)4(12(13)14)2-9-7(5)8/h2-3H,1H3. The van der Waals surface area contributed by atoms with Crippen molar-refractivity contribution < 1.29 is 4.92 Å². The van der Waals surface area contributed by atoms with Crippen LogP contribution in [0.2, 0.25) is 5.15 Å². The van der Waals surface area contributed by atoms with Gasteiger partial charge in [0.05, 0.1) is 11.3 Å². The van der Waals surface area contributed by atoms with E-state index in [-0.39, 0.29) is 10.8 Å². The number of hydrogen-bond acceptors (Lipinski definition) is 4. The van der Waals surface area contributed by atoms with Gasteiger partial charge in [-0.15, -0.1) is 0 Å². The summed E-state index contributed by atoms with van der Waals surface area (Å²) in [5.41, 5.74) is 0.641. The lowest BCUT2D eigenvalue weighted by Gasteiger charge is -1.96. The molecule has 0 spiro atoms. The van der Waals surface area contributed by atoms with Crippen LogP contribution in [-0.4, -0.2) is 19.5 Å². The first-order valence-corrected chi connectivity index (χ1v) is 4.09. The van der Waals surface area contributed by atoms with Gasteiger partial charge in [0.2, 0.25) is 0 Å². The first kappa shape index (κ1) is 8.89. The van der Waals surface area contributed by atoms with Gasteiger partial charge in [-0.25, -0.2) is 9.97 Å². The molecule has 0 N–H and O–H groups in total. The van der Waals surface area contributed by atoms with Crippen molar-refractivity contribution in [3.8, 4) is 0 Å². The van der Waals surface area contributed by atoms with Crippen LogP contribution in [0.1, 0.15) is 0 Å². The normalized spacial score (nSPS) is 10.7. The Labute approximate surface area is 83.3 Å². The molecule has 0 amide bonds. The van der Waals surface area contributed by atoms with E-state index in [0.29, 0.717) is 11.0 Å². The Bertz CT molecular complexity index is 522. The molecule has 0 unspecified atom stereocenters. The van der Waals surface area contributed by atoms with Gasteiger partial charge in [-0.2, -0.15) is 0 Å². The number of nitro groups is 1. The van der Waals surface area contributed by atoms with Gasteiger partial charge in [-0.1, -0.05) is 11.6 Å². The average molecular weight is 213 g/mol. The molecule has 2 aromatic rings. The zero-order valence-electron chi connectivity index (χ0n) is 7.14. The lowest BCUT2D eigenvalue weighted by Crippen LogP contribution is -1.95. The smallest absolute Gasteiger partial charge is 0.313 e. The maximum absolute atomic E-state index is 10.7. The molecule has 0 atom stereocenters. The minimum atomic E-state index is -0.507. The maximum Gasteiger partial charge on any atom is 0.313 e. The van der Waals surface area contributed by atoms with Crippen molar-refractivity contribution in [3.05, 3.63) is 27.8 Å². The van der Waals surface area contributed by atoms with Crippen LogP contribution in [0.25, 0.3) is 11.0 Å². The van der Waals surface area contributed by atoms with E-state index in [2.05, 4.69) is 9.97 Å². The summed E-state index contributed by atoms with van der Waals surface area (Å²) < 4.78 is 1.54. The van der Waals surface area contributed by atoms with Gasteiger partial charge in [0.25, 0.3) is 0 Å². The van der Waals surface area contributed by atoms with Crippen LogP contribution >= 0.6 is 11.6 Å². The minimum Gasteiger partial charge on any atom is -0.328 e. The molecule has 2 heterocycles. The summed E-state index contributed by atoms with van der Waals surface area (Å²) in [7, 11) is 1.67. The molecule has 0 aliphatic carbocycles. The zero-order valence-corrected chi connectivity index (χ0v) is 7.89. The average Bonchev–Trinajstić information content (AvgIpc) is 2.50. The van der Waals surface area contributed by atoms with E-state index in [4.69, 9.17) is 11.6 Å². The number of hydrogen-bond donors (Lipinski definition) is 0. The van der Waals surface area contributed by atoms with E-state index in [1.54, 1.807) is 11.6 Å². The fourth-order valence-electron chi connectivity index (χ4n) is 1.26. The molecule has 72 valence electrons. The molecular formula is C7H5ClN4O2. The number of aryl methyl sites for hydroxylation is 1. The fraction of sp³-hybridized carbons (Fsp3) is 0.143. The molecule has 0 radical (unpaired) electrons. The lowest BCUT2D eigenvalue weighted by atomic mass is 10.3. The molecule has 14 heavy (non-hydrogen) atoms. The molecule has 0 aliphatic heterocycles. The van der Waals surface area contributed by atoms with Crippen molar-refractivity contribution in [2.45, 2.75) is 0 Å². The number of imidazole rings is 1. The number of nitrogens with zero attached hydrogens (tertiary/aromatic N) is 4. The van der Waals surface area contributed by atoms with E-state index >= 15 is 0 Å². The van der Waals surface area contributed by atoms with Gasteiger partial charge in [-0.05, 0) is 0 Å². The third-order valence-corrected chi connectivity index (χ3v) is 2.15. The Balaban J connectivity index is 2.92. The van der Waals surface area contributed by atoms with Crippen LogP contribution in [0.4, 0.5) is 5.69 Å². The summed E-state index contributed by atoms with van der Waals surface area (Å²) in [6.45, 7) is 0. The van der Waals surface area contributed by atoms with Crippen LogP contribution in [-0.2, 0) is 7.05 Å². The Kier molecular flexibility index (Phi) is 1.85. The molecule has 2 aromatic heterocycles. The van der Waals surface area contributed by atoms with E-state index < -0.39 is 4.92 Å². The molecule has 0 saturated heterocycles. The molecule has 6 nitrogen and oxygen atoms in total. The molecule has 0 saturated carbocycles. The van der Waals surface area contributed by atoms with E-state index in [1.165, 1.54) is 6.33 Å². The van der Waals surface area contributed by atoms with Crippen LogP contribution in [0.5, 0.6) is 0 Å². The Hall–Kier alpha value is -1.69. The summed E-state index contributed by atoms with van der Waals surface area (Å²) in [4.78, 5) is 17.8. The number of halogens is 1. The first-order chi connectivity index (χ1) is 6.61. The number of fused-ring (bicyclic) bond motifs is 1. The summed E-state index contributed by atoms with van der Waals surface area (Å²) >= 11 is 5.74. The molecule has 0 aromatic carbocycles. The third-order valence-electron chi connectivity index (χ3n) is 1.87. The van der Waals surface area contributed by atoms with Gasteiger partial charge in [0.1, 0.15) is 11.7 Å². The maximum atomic E-state index is 10.7. The highest BCUT2D eigenvalue weighted by molar-refractivity contribution is 6.33. The molecule has 2 rings (SSSR count). The van der Waals surface area contributed by atoms with Crippen LogP contribution in [0.3, 0.4) is 0 Å². The highest BCUT2D eigenvalue weighted by Gasteiger charge is 2.18. The van der Waals surface area contributed by atoms with E-state index in [1.807, 2.05) is 0 Å². The van der Waals surface area contributed by atoms with Crippen molar-refractivity contribution in [1.29, 1.82) is 0 Å². The summed E-state index contributed by atoms with van der Waals surface area (Å²) in [6, 6.07) is 0. The first-order valence-electron chi connectivity index (χ1n) is 3.71. The van der Waals surface area contributed by atoms with Crippen LogP contribution in [0.15, 0.2) is 12.5 Å². The van der Waals surface area contributed by atoms with Crippen molar-refractivity contribution in [3.63, 3.8) is 0 Å². The Morgan fingerprint density at radius 1 is 1.57 bits per heavy atom. The second kappa shape index (κ2) is 2.91. The summed E-state index contributed by atoms with van der Waals surface area (Å²) in [5.74, 6) is 0. The second-order valence-electron chi connectivity index (χ2n) is 2.74. The highest BCUT2D eigenvalue weighted by atomic mass is 35.5. The van der Waals surface area contributed by atoms with Crippen molar-refractivity contribution in [1.82, 2.24) is 14.5 Å². The van der Waals surface area contributed by atoms with Gasteiger partial charge >= 0.3 is 5.69 Å². The second-order valence-corrected chi connectivity index (χ2v) is 3.10. The number of pyridine rings is 1. The van der Waals surface area contributed by atoms with E-state index in [9.17, 15) is 10.1 Å². The van der Waals surface area contributed by atoms with E-state index in [0.717, 1.165) is 6.20 Å². The van der Waals surface area contributed by atoms with Crippen molar-refractivity contribution in [2.75, 3.05) is 0 Å². The molecule has 7 heteroatoms. The lowest BCUT2D eigenvalue weighted by molar-refractivity contribution is -0.383. The minimum absolute atomic E-state index is 0.0931. The number of aromatic nitrogens is 3. The third kappa shape index (κ3) is 1.12. The number of rotatable bonds is 1. The van der Waals surface area contributed by atoms with Gasteiger partial charge in [0, 0.05) is 7.05 Å². The van der Waals surface area contributed by atoms with Crippen LogP contribution in [0, 0.1) is 10.1 Å².